The number of esters is 1. The number of fused-ring (bicyclic) bond motifs is 10. The molecule has 0 aromatic rings. The first-order chi connectivity index (χ1) is 38.2. The highest BCUT2D eigenvalue weighted by Crippen LogP contribution is 2.59. The number of aliphatic carboxylic acids is 1. The summed E-state index contributed by atoms with van der Waals surface area (Å²) >= 11 is 0. The Kier molecular flexibility index (Phi) is 13.3. The summed E-state index contributed by atoms with van der Waals surface area (Å²) in [6.07, 6.45) is -5.45. The first-order valence-electron chi connectivity index (χ1n) is 30.4. The zero-order valence-corrected chi connectivity index (χ0v) is 46.3. The van der Waals surface area contributed by atoms with E-state index in [1.54, 1.807) is 0 Å². The second-order valence-electron chi connectivity index (χ2n) is 27.3. The van der Waals surface area contributed by atoms with Crippen molar-refractivity contribution >= 4 is 11.9 Å². The Labute approximate surface area is 466 Å². The highest BCUT2D eigenvalue weighted by molar-refractivity contribution is 5.70. The molecule has 16 fully saturated rings. The quantitative estimate of drug-likeness (QED) is 0.226. The van der Waals surface area contributed by atoms with Crippen LogP contribution in [-0.4, -0.2) is 202 Å². The number of carbonyl (C=O) groups excluding carboxylic acids is 1. The number of carboxylic acid groups (broad SMARTS) is 1. The van der Waals surface area contributed by atoms with Crippen LogP contribution in [0.1, 0.15) is 137 Å². The third kappa shape index (κ3) is 8.84. The van der Waals surface area contributed by atoms with E-state index in [0.29, 0.717) is 70.6 Å². The van der Waals surface area contributed by atoms with Gasteiger partial charge >= 0.3 is 11.9 Å². The van der Waals surface area contributed by atoms with Gasteiger partial charge in [-0.25, -0.2) is 0 Å². The Bertz CT molecular complexity index is 2460. The molecule has 16 saturated heterocycles. The van der Waals surface area contributed by atoms with E-state index in [1.807, 2.05) is 0 Å². The van der Waals surface area contributed by atoms with E-state index in [4.69, 9.17) is 71.1 Å². The fourth-order valence-electron chi connectivity index (χ4n) is 18.0. The van der Waals surface area contributed by atoms with Gasteiger partial charge in [-0.15, -0.1) is 0 Å². The molecule has 21 nitrogen and oxygen atoms in total. The summed E-state index contributed by atoms with van der Waals surface area (Å²) in [6.45, 7) is 17.5. The lowest BCUT2D eigenvalue weighted by Gasteiger charge is -2.54. The number of carboxylic acids is 1. The summed E-state index contributed by atoms with van der Waals surface area (Å²) in [7, 11) is 0. The maximum absolute atomic E-state index is 14.6. The normalized spacial score (nSPS) is 58.7. The van der Waals surface area contributed by atoms with Crippen molar-refractivity contribution in [3.63, 3.8) is 0 Å². The lowest BCUT2D eigenvalue weighted by atomic mass is 9.78. The van der Waals surface area contributed by atoms with Crippen LogP contribution in [0.2, 0.25) is 0 Å². The highest BCUT2D eigenvalue weighted by atomic mass is 16.8. The van der Waals surface area contributed by atoms with Gasteiger partial charge in [0.15, 0.2) is 17.7 Å². The summed E-state index contributed by atoms with van der Waals surface area (Å²) in [5, 5.41) is 44.2. The van der Waals surface area contributed by atoms with Gasteiger partial charge in [-0.05, 0) is 73.8 Å². The fourth-order valence-corrected chi connectivity index (χ4v) is 18.0. The van der Waals surface area contributed by atoms with Crippen molar-refractivity contribution < 1.29 is 101 Å². The van der Waals surface area contributed by atoms with Gasteiger partial charge in [0, 0.05) is 57.3 Å². The molecule has 0 unspecified atom stereocenters. The van der Waals surface area contributed by atoms with Crippen molar-refractivity contribution in [1.29, 1.82) is 0 Å². The molecular weight excluding hydrogens is 1040 g/mol. The third-order valence-electron chi connectivity index (χ3n) is 21.8. The molecule has 0 radical (unpaired) electrons. The second kappa shape index (κ2) is 19.6. The number of hydrogen-bond acceptors (Lipinski definition) is 20. The van der Waals surface area contributed by atoms with Crippen LogP contribution in [0.4, 0.5) is 0 Å². The van der Waals surface area contributed by atoms with E-state index < -0.39 is 121 Å². The van der Waals surface area contributed by atoms with Crippen LogP contribution in [0, 0.1) is 23.7 Å². The molecule has 80 heavy (non-hydrogen) atoms. The van der Waals surface area contributed by atoms with E-state index in [1.165, 1.54) is 0 Å². The molecule has 21 heteroatoms. The minimum absolute atomic E-state index is 0.00631. The summed E-state index contributed by atoms with van der Waals surface area (Å²) in [5.74, 6) is -7.08. The van der Waals surface area contributed by atoms with Crippen molar-refractivity contribution in [1.82, 2.24) is 0 Å². The average molecular weight is 1130 g/mol. The third-order valence-corrected chi connectivity index (χ3v) is 21.8. The second-order valence-corrected chi connectivity index (χ2v) is 27.3. The topological polar surface area (TPSA) is 254 Å². The molecular formula is C59H82O21. The van der Waals surface area contributed by atoms with Crippen molar-refractivity contribution in [2.75, 3.05) is 0 Å². The van der Waals surface area contributed by atoms with Crippen LogP contribution < -0.4 is 0 Å². The van der Waals surface area contributed by atoms with Crippen LogP contribution in [0.15, 0.2) is 24.3 Å². The molecule has 0 aromatic heterocycles. The Hall–Kier alpha value is -2.26. The molecule has 3 spiro atoms. The summed E-state index contributed by atoms with van der Waals surface area (Å²) in [4.78, 5) is 26.1. The van der Waals surface area contributed by atoms with E-state index in [0.717, 1.165) is 24.0 Å². The Morgan fingerprint density at radius 2 is 1.26 bits per heavy atom. The number of aliphatic hydroxyl groups is 3. The first kappa shape index (κ1) is 54.4. The molecule has 32 atom stereocenters. The average Bonchev–Trinajstić information content (AvgIpc) is 4.32. The van der Waals surface area contributed by atoms with Gasteiger partial charge < -0.3 is 91.5 Å². The van der Waals surface area contributed by atoms with Crippen molar-refractivity contribution in [3.8, 4) is 0 Å². The summed E-state index contributed by atoms with van der Waals surface area (Å²) in [6, 6.07) is 0. The van der Waals surface area contributed by atoms with Gasteiger partial charge in [-0.2, -0.15) is 0 Å². The molecule has 0 amide bonds. The standard InChI is InChI=1S/C59H82O21/c1-24-13-30-7-9-34-25(2)14-32(66-34)11-12-58-55(64)59(65)54(80-58)53-52(79-59)51(78-58)50-35(70-53)10-8-31(68-50)15-45(63)73-49-29(6)48-40(69-39(49)17-36(67-30)28(24)5)18-38-42(72-48)22-57(74-38)23-43-47(77-57)27(4)21-56(76-43)20-26(3)46-41(75-56)16-33(60)37(71-46)19-44(61)62/h24,26-27,29-43,46-55,60,64-65H,2,5,7-23H2,1,3-4,6H3,(H,61,62)/t24-,26+,27+,29+,30+,31-,32+,33-,34+,35+,36-,37-,38-,39+,40+,41+,42-,43+,46+,47+,48+,49-,50+,51+,52+,53-,54+,55+,56-,57+,58-,59-/m1/s1. The van der Waals surface area contributed by atoms with Crippen LogP contribution in [-0.2, 0) is 80.6 Å². The molecule has 0 aliphatic carbocycles. The molecule has 0 aromatic carbocycles. The predicted octanol–water partition coefficient (Wildman–Crippen LogP) is 3.95. The molecule has 444 valence electrons. The molecule has 16 aliphatic rings. The van der Waals surface area contributed by atoms with E-state index in [2.05, 4.69) is 40.9 Å². The zero-order valence-electron chi connectivity index (χ0n) is 46.3. The van der Waals surface area contributed by atoms with Crippen LogP contribution in [0.3, 0.4) is 0 Å². The zero-order chi connectivity index (χ0) is 55.1. The van der Waals surface area contributed by atoms with Gasteiger partial charge in [0.25, 0.3) is 0 Å². The number of hydrogen-bond donors (Lipinski definition) is 4. The Morgan fingerprint density at radius 3 is 2.09 bits per heavy atom. The van der Waals surface area contributed by atoms with Crippen molar-refractivity contribution in [2.24, 2.45) is 23.7 Å². The monoisotopic (exact) mass is 1130 g/mol. The Morgan fingerprint density at radius 1 is 0.562 bits per heavy atom. The number of rotatable bonds is 2. The SMILES string of the molecule is C=C1C[C@@H]2CC[C@@]34O[C@@H]5[C@@H]6O[C@](O)([C@@H](O3)[C@@H]6O[C@H]3CC[C@H](CC(=O)O[C@@H]6[C@@H](C)[C@@H]7O[C@@H]8C[C@]9(C[C@@H]%10O[C@]%11(C[C@H](C)[C@@H]%12O[C@H](CC(=O)O)[C@H](O)C[C@@H]%12O%11)C[C@H](C)[C@@H]%10O9)O[C@@H]8C[C@@H]7O[C@H]6C[C@H]6O[C@@H](CC[C@@H]1O2)C[C@@H](C)C6=C)O[C@H]53)[C@H]4O. The number of ether oxygens (including phenoxy) is 15. The maximum Gasteiger partial charge on any atom is 0.308 e. The van der Waals surface area contributed by atoms with E-state index >= 15 is 0 Å². The first-order valence-corrected chi connectivity index (χ1v) is 30.4. The predicted molar refractivity (Wildman–Crippen MR) is 271 cm³/mol. The molecule has 0 saturated carbocycles. The molecule has 16 aliphatic heterocycles. The summed E-state index contributed by atoms with van der Waals surface area (Å²) in [5.41, 5.74) is 1.99. The number of aliphatic hydroxyl groups excluding tert-OH is 2. The molecule has 16 heterocycles. The van der Waals surface area contributed by atoms with Gasteiger partial charge in [-0.3, -0.25) is 9.59 Å². The fraction of sp³-hybridized carbons (Fsp3) is 0.898. The van der Waals surface area contributed by atoms with Crippen LogP contribution in [0.25, 0.3) is 0 Å². The molecule has 16 rings (SSSR count). The van der Waals surface area contributed by atoms with E-state index in [9.17, 15) is 30.0 Å². The Balaban J connectivity index is 0.666. The lowest BCUT2D eigenvalue weighted by Crippen LogP contribution is -2.63. The summed E-state index contributed by atoms with van der Waals surface area (Å²) < 4.78 is 102. The van der Waals surface area contributed by atoms with E-state index in [-0.39, 0.29) is 110 Å². The maximum atomic E-state index is 14.6. The van der Waals surface area contributed by atoms with Crippen molar-refractivity contribution in [3.05, 3.63) is 24.3 Å². The van der Waals surface area contributed by atoms with Crippen molar-refractivity contribution in [2.45, 2.75) is 306 Å². The van der Waals surface area contributed by atoms with Gasteiger partial charge in [-0.1, -0.05) is 40.9 Å². The van der Waals surface area contributed by atoms with Crippen LogP contribution >= 0.6 is 0 Å². The largest absolute Gasteiger partial charge is 0.481 e. The smallest absolute Gasteiger partial charge is 0.308 e. The van der Waals surface area contributed by atoms with Gasteiger partial charge in [0.05, 0.1) is 117 Å². The molecule has 12 bridgehead atoms. The lowest BCUT2D eigenvalue weighted by molar-refractivity contribution is -0.371. The number of carbonyl (C=O) groups is 2. The minimum Gasteiger partial charge on any atom is -0.481 e. The van der Waals surface area contributed by atoms with Gasteiger partial charge in [0.2, 0.25) is 11.6 Å². The van der Waals surface area contributed by atoms with Gasteiger partial charge in [0.1, 0.15) is 36.6 Å². The molecule has 4 N–H and O–H groups in total. The van der Waals surface area contributed by atoms with Crippen LogP contribution in [0.5, 0.6) is 0 Å². The minimum atomic E-state index is -2.04. The highest BCUT2D eigenvalue weighted by Gasteiger charge is 2.79.